The van der Waals surface area contributed by atoms with Gasteiger partial charge in [0.05, 0.1) is 12.7 Å². The maximum atomic E-state index is 9.10. The molecular weight excluding hydrogens is 182 g/mol. The van der Waals surface area contributed by atoms with E-state index in [4.69, 9.17) is 20.3 Å². The largest absolute Gasteiger partial charge is 0.393 e. The molecule has 1 heterocycles. The molecule has 1 saturated heterocycles. The van der Waals surface area contributed by atoms with Crippen LogP contribution in [-0.4, -0.2) is 43.2 Å². The minimum absolute atomic E-state index is 0.298. The van der Waals surface area contributed by atoms with Crippen LogP contribution in [0.4, 0.5) is 0 Å². The molecule has 1 aliphatic rings. The predicted octanol–water partition coefficient (Wildman–Crippen LogP) is 0.282. The topological polar surface area (TPSA) is 64.7 Å². The van der Waals surface area contributed by atoms with Crippen molar-refractivity contribution in [2.24, 2.45) is 5.73 Å². The molecule has 0 aromatic rings. The van der Waals surface area contributed by atoms with E-state index in [1.54, 1.807) is 6.92 Å². The third kappa shape index (κ3) is 3.53. The van der Waals surface area contributed by atoms with Crippen molar-refractivity contribution in [3.05, 3.63) is 0 Å². The van der Waals surface area contributed by atoms with Gasteiger partial charge < -0.3 is 20.3 Å². The predicted molar refractivity (Wildman–Crippen MR) is 54.1 cm³/mol. The summed E-state index contributed by atoms with van der Waals surface area (Å²) in [5, 5.41) is 9.10. The van der Waals surface area contributed by atoms with Crippen molar-refractivity contribution in [1.29, 1.82) is 0 Å². The fraction of sp³-hybridized carbons (Fsp3) is 1.00. The van der Waals surface area contributed by atoms with Gasteiger partial charge in [0.25, 0.3) is 0 Å². The lowest BCUT2D eigenvalue weighted by atomic mass is 9.96. The van der Waals surface area contributed by atoms with Crippen LogP contribution in [0, 0.1) is 0 Å². The summed E-state index contributed by atoms with van der Waals surface area (Å²) in [5.74, 6) is 0. The summed E-state index contributed by atoms with van der Waals surface area (Å²) < 4.78 is 11.1. The van der Waals surface area contributed by atoms with Crippen LogP contribution in [-0.2, 0) is 9.47 Å². The highest BCUT2D eigenvalue weighted by Crippen LogP contribution is 2.22. The third-order valence-corrected chi connectivity index (χ3v) is 2.60. The molecule has 1 rings (SSSR count). The molecule has 84 valence electrons. The number of hydrogen-bond acceptors (Lipinski definition) is 4. The van der Waals surface area contributed by atoms with Gasteiger partial charge in [0, 0.05) is 19.8 Å². The molecule has 0 saturated carbocycles. The molecule has 0 aromatic carbocycles. The SMILES string of the molecule is CC(O)CCOC1(CN)CCCOC1. The Balaban J connectivity index is 2.29. The lowest BCUT2D eigenvalue weighted by Gasteiger charge is -2.36. The van der Waals surface area contributed by atoms with Crippen LogP contribution in [0.25, 0.3) is 0 Å². The highest BCUT2D eigenvalue weighted by Gasteiger charge is 2.32. The number of rotatable bonds is 5. The Morgan fingerprint density at radius 1 is 1.64 bits per heavy atom. The van der Waals surface area contributed by atoms with Gasteiger partial charge in [-0.05, 0) is 26.2 Å². The summed E-state index contributed by atoms with van der Waals surface area (Å²) in [6.45, 7) is 4.20. The van der Waals surface area contributed by atoms with Crippen molar-refractivity contribution in [2.45, 2.75) is 37.9 Å². The quantitative estimate of drug-likeness (QED) is 0.673. The molecule has 0 amide bonds. The van der Waals surface area contributed by atoms with Gasteiger partial charge in [-0.15, -0.1) is 0 Å². The van der Waals surface area contributed by atoms with E-state index in [2.05, 4.69) is 0 Å². The summed E-state index contributed by atoms with van der Waals surface area (Å²) in [5.41, 5.74) is 5.39. The Kier molecular flexibility index (Phi) is 4.81. The van der Waals surface area contributed by atoms with E-state index in [0.717, 1.165) is 19.4 Å². The Hall–Kier alpha value is -0.160. The smallest absolute Gasteiger partial charge is 0.104 e. The summed E-state index contributed by atoms with van der Waals surface area (Å²) in [4.78, 5) is 0. The Bertz CT molecular complexity index is 155. The standard InChI is InChI=1S/C10H21NO3/c1-9(12)3-6-14-10(7-11)4-2-5-13-8-10/h9,12H,2-8,11H2,1H3. The molecule has 3 N–H and O–H groups in total. The number of nitrogens with two attached hydrogens (primary N) is 1. The first-order chi connectivity index (χ1) is 6.68. The third-order valence-electron chi connectivity index (χ3n) is 2.60. The van der Waals surface area contributed by atoms with E-state index in [0.29, 0.717) is 26.2 Å². The van der Waals surface area contributed by atoms with Crippen LogP contribution < -0.4 is 5.73 Å². The summed E-state index contributed by atoms with van der Waals surface area (Å²) in [7, 11) is 0. The number of aliphatic hydroxyl groups excluding tert-OH is 1. The zero-order valence-corrected chi connectivity index (χ0v) is 8.87. The average molecular weight is 203 g/mol. The van der Waals surface area contributed by atoms with E-state index in [-0.39, 0.29) is 11.7 Å². The molecule has 1 aliphatic heterocycles. The highest BCUT2D eigenvalue weighted by molar-refractivity contribution is 4.84. The van der Waals surface area contributed by atoms with Gasteiger partial charge in [-0.1, -0.05) is 0 Å². The lowest BCUT2D eigenvalue weighted by Crippen LogP contribution is -2.48. The molecule has 2 unspecified atom stereocenters. The summed E-state index contributed by atoms with van der Waals surface area (Å²) in [6, 6.07) is 0. The van der Waals surface area contributed by atoms with Crippen molar-refractivity contribution >= 4 is 0 Å². The van der Waals surface area contributed by atoms with Gasteiger partial charge in [0.15, 0.2) is 0 Å². The van der Waals surface area contributed by atoms with E-state index in [1.165, 1.54) is 0 Å². The summed E-state index contributed by atoms with van der Waals surface area (Å²) in [6.07, 6.45) is 2.31. The molecule has 4 nitrogen and oxygen atoms in total. The molecule has 14 heavy (non-hydrogen) atoms. The Morgan fingerprint density at radius 3 is 2.93 bits per heavy atom. The zero-order chi connectivity index (χ0) is 10.4. The minimum Gasteiger partial charge on any atom is -0.393 e. The Morgan fingerprint density at radius 2 is 2.43 bits per heavy atom. The molecule has 4 heteroatoms. The van der Waals surface area contributed by atoms with Crippen LogP contribution in [0.15, 0.2) is 0 Å². The van der Waals surface area contributed by atoms with Crippen LogP contribution in [0.5, 0.6) is 0 Å². The van der Waals surface area contributed by atoms with Crippen molar-refractivity contribution in [3.63, 3.8) is 0 Å². The first-order valence-corrected chi connectivity index (χ1v) is 5.28. The molecular formula is C10H21NO3. The second-order valence-electron chi connectivity index (χ2n) is 4.03. The second-order valence-corrected chi connectivity index (χ2v) is 4.03. The van der Waals surface area contributed by atoms with Crippen LogP contribution >= 0.6 is 0 Å². The molecule has 0 spiro atoms. The molecule has 0 bridgehead atoms. The minimum atomic E-state index is -0.311. The van der Waals surface area contributed by atoms with E-state index < -0.39 is 0 Å². The molecule has 1 fully saturated rings. The van der Waals surface area contributed by atoms with E-state index in [9.17, 15) is 0 Å². The van der Waals surface area contributed by atoms with Gasteiger partial charge in [-0.3, -0.25) is 0 Å². The number of hydrogen-bond donors (Lipinski definition) is 2. The number of aliphatic hydroxyl groups is 1. The molecule has 0 aliphatic carbocycles. The Labute approximate surface area is 85.4 Å². The molecule has 2 atom stereocenters. The van der Waals surface area contributed by atoms with Gasteiger partial charge in [0.1, 0.15) is 5.60 Å². The van der Waals surface area contributed by atoms with Crippen molar-refractivity contribution < 1.29 is 14.6 Å². The normalized spacial score (nSPS) is 30.2. The number of ether oxygens (including phenoxy) is 2. The van der Waals surface area contributed by atoms with E-state index in [1.807, 2.05) is 0 Å². The average Bonchev–Trinajstić information content (AvgIpc) is 2.19. The van der Waals surface area contributed by atoms with Crippen LogP contribution in [0.1, 0.15) is 26.2 Å². The van der Waals surface area contributed by atoms with Crippen molar-refractivity contribution in [2.75, 3.05) is 26.4 Å². The zero-order valence-electron chi connectivity index (χ0n) is 8.87. The maximum absolute atomic E-state index is 9.10. The first-order valence-electron chi connectivity index (χ1n) is 5.28. The fourth-order valence-corrected chi connectivity index (χ4v) is 1.61. The van der Waals surface area contributed by atoms with Crippen molar-refractivity contribution in [1.82, 2.24) is 0 Å². The second kappa shape index (κ2) is 5.66. The van der Waals surface area contributed by atoms with E-state index >= 15 is 0 Å². The lowest BCUT2D eigenvalue weighted by molar-refractivity contribution is -0.126. The van der Waals surface area contributed by atoms with Crippen LogP contribution in [0.3, 0.4) is 0 Å². The summed E-state index contributed by atoms with van der Waals surface area (Å²) >= 11 is 0. The first kappa shape index (κ1) is 11.9. The van der Waals surface area contributed by atoms with Gasteiger partial charge in [0.2, 0.25) is 0 Å². The monoisotopic (exact) mass is 203 g/mol. The fourth-order valence-electron chi connectivity index (χ4n) is 1.61. The molecule has 0 radical (unpaired) electrons. The highest BCUT2D eigenvalue weighted by atomic mass is 16.5. The van der Waals surface area contributed by atoms with Crippen LogP contribution in [0.2, 0.25) is 0 Å². The van der Waals surface area contributed by atoms with Crippen molar-refractivity contribution in [3.8, 4) is 0 Å². The van der Waals surface area contributed by atoms with Gasteiger partial charge in [-0.25, -0.2) is 0 Å². The molecule has 0 aromatic heterocycles. The maximum Gasteiger partial charge on any atom is 0.104 e. The van der Waals surface area contributed by atoms with Gasteiger partial charge in [-0.2, -0.15) is 0 Å². The van der Waals surface area contributed by atoms with Gasteiger partial charge >= 0.3 is 0 Å².